The van der Waals surface area contributed by atoms with Crippen molar-refractivity contribution in [1.29, 1.82) is 0 Å². The van der Waals surface area contributed by atoms with E-state index in [9.17, 15) is 0 Å². The van der Waals surface area contributed by atoms with Gasteiger partial charge in [-0.15, -0.1) is 0 Å². The zero-order valence-corrected chi connectivity index (χ0v) is 12.9. The molecule has 4 heteroatoms. The highest BCUT2D eigenvalue weighted by molar-refractivity contribution is 6.45. The van der Waals surface area contributed by atoms with Crippen LogP contribution in [0.2, 0.25) is 0 Å². The second-order valence-corrected chi connectivity index (χ2v) is 5.74. The molecule has 1 aliphatic heterocycles. The fourth-order valence-corrected chi connectivity index (χ4v) is 1.91. The van der Waals surface area contributed by atoms with Gasteiger partial charge in [0.25, 0.3) is 0 Å². The molecule has 1 saturated heterocycles. The molecule has 0 aromatic carbocycles. The molecule has 0 aromatic rings. The summed E-state index contributed by atoms with van der Waals surface area (Å²) in [5.74, 6) is 0.833. The van der Waals surface area contributed by atoms with Gasteiger partial charge in [-0.2, -0.15) is 0 Å². The summed E-state index contributed by atoms with van der Waals surface area (Å²) in [6.07, 6.45) is 7.30. The Morgan fingerprint density at radius 3 is 1.67 bits per heavy atom. The molecule has 3 nitrogen and oxygen atoms in total. The Balaban J connectivity index is 0.000000351. The molecular formula is C14H32BNO2. The van der Waals surface area contributed by atoms with E-state index >= 15 is 0 Å². The molecular weight excluding hydrogens is 225 g/mol. The molecule has 108 valence electrons. The Bertz CT molecular complexity index is 174. The molecule has 0 aromatic heterocycles. The molecule has 18 heavy (non-hydrogen) atoms. The lowest BCUT2D eigenvalue weighted by molar-refractivity contribution is 0.110. The molecule has 2 atom stereocenters. The van der Waals surface area contributed by atoms with Crippen LogP contribution in [0.3, 0.4) is 0 Å². The Morgan fingerprint density at radius 1 is 1.06 bits per heavy atom. The molecule has 1 saturated carbocycles. The zero-order chi connectivity index (χ0) is 14.0. The Labute approximate surface area is 114 Å². The van der Waals surface area contributed by atoms with Gasteiger partial charge in [-0.05, 0) is 18.8 Å². The van der Waals surface area contributed by atoms with Crippen molar-refractivity contribution in [2.24, 2.45) is 11.7 Å². The molecule has 2 fully saturated rings. The number of fused-ring (bicyclic) bond motifs is 1. The van der Waals surface area contributed by atoms with E-state index in [1.807, 2.05) is 0 Å². The second-order valence-electron chi connectivity index (χ2n) is 5.74. The van der Waals surface area contributed by atoms with E-state index in [4.69, 9.17) is 15.0 Å². The van der Waals surface area contributed by atoms with Crippen LogP contribution in [0.4, 0.5) is 0 Å². The molecule has 0 bridgehead atoms. The van der Waals surface area contributed by atoms with Gasteiger partial charge in [-0.3, -0.25) is 0 Å². The third-order valence-corrected chi connectivity index (χ3v) is 2.49. The van der Waals surface area contributed by atoms with Crippen molar-refractivity contribution in [3.05, 3.63) is 0 Å². The first-order valence-corrected chi connectivity index (χ1v) is 7.56. The van der Waals surface area contributed by atoms with E-state index in [2.05, 4.69) is 34.6 Å². The molecule has 2 N–H and O–H groups in total. The predicted molar refractivity (Wildman–Crippen MR) is 79.5 cm³/mol. The lowest BCUT2D eigenvalue weighted by Gasteiger charge is -2.22. The fraction of sp³-hybridized carbons (Fsp3) is 1.00. The smallest absolute Gasteiger partial charge is 0.405 e. The molecule has 2 aliphatic rings. The van der Waals surface area contributed by atoms with Gasteiger partial charge >= 0.3 is 7.12 Å². The minimum absolute atomic E-state index is 0.122. The van der Waals surface area contributed by atoms with Crippen molar-refractivity contribution in [1.82, 2.24) is 0 Å². The highest BCUT2D eigenvalue weighted by Crippen LogP contribution is 2.29. The van der Waals surface area contributed by atoms with Crippen LogP contribution in [0.15, 0.2) is 0 Å². The van der Waals surface area contributed by atoms with Crippen LogP contribution in [-0.2, 0) is 9.31 Å². The van der Waals surface area contributed by atoms with Gasteiger partial charge in [-0.1, -0.05) is 53.9 Å². The summed E-state index contributed by atoms with van der Waals surface area (Å²) in [7, 11) is -0.122. The predicted octanol–water partition coefficient (Wildman–Crippen LogP) is 3.41. The molecule has 0 spiro atoms. The zero-order valence-electron chi connectivity index (χ0n) is 12.9. The van der Waals surface area contributed by atoms with Crippen LogP contribution in [0.25, 0.3) is 0 Å². The minimum Gasteiger partial charge on any atom is -0.405 e. The van der Waals surface area contributed by atoms with Crippen molar-refractivity contribution in [2.45, 2.75) is 78.9 Å². The van der Waals surface area contributed by atoms with E-state index in [0.29, 0.717) is 18.7 Å². The maximum Gasteiger partial charge on any atom is 0.471 e. The Kier molecular flexibility index (Phi) is 10.8. The minimum atomic E-state index is -0.122. The largest absolute Gasteiger partial charge is 0.471 e. The number of hydrogen-bond acceptors (Lipinski definition) is 3. The Hall–Kier alpha value is -0.0551. The van der Waals surface area contributed by atoms with Crippen LogP contribution in [0.5, 0.6) is 0 Å². The van der Waals surface area contributed by atoms with Crippen molar-refractivity contribution < 1.29 is 9.31 Å². The summed E-state index contributed by atoms with van der Waals surface area (Å²) < 4.78 is 11.1. The first-order valence-electron chi connectivity index (χ1n) is 7.56. The summed E-state index contributed by atoms with van der Waals surface area (Å²) in [6, 6.07) is 0. The molecule has 2 rings (SSSR count). The van der Waals surface area contributed by atoms with Crippen LogP contribution < -0.4 is 5.73 Å². The maximum atomic E-state index is 5.57. The van der Waals surface area contributed by atoms with E-state index in [-0.39, 0.29) is 7.12 Å². The average molecular weight is 257 g/mol. The fourth-order valence-electron chi connectivity index (χ4n) is 1.91. The third kappa shape index (κ3) is 8.12. The standard InChI is InChI=1S/C7H14BNO2.C4H10.C3H8/c9-5-8-10-6-3-1-2-4-7(6)11-8;1-4(2)3;1-3-2/h6-7H,1-5,9H2;4H,1-3H3;3H2,1-2H3. The first-order chi connectivity index (χ1) is 8.54. The summed E-state index contributed by atoms with van der Waals surface area (Å²) >= 11 is 0. The highest BCUT2D eigenvalue weighted by Gasteiger charge is 2.39. The number of nitrogens with two attached hydrogens (primary N) is 1. The maximum absolute atomic E-state index is 5.57. The van der Waals surface area contributed by atoms with Gasteiger partial charge in [0, 0.05) is 6.44 Å². The van der Waals surface area contributed by atoms with Crippen molar-refractivity contribution in [3.63, 3.8) is 0 Å². The van der Waals surface area contributed by atoms with Gasteiger partial charge in [0.1, 0.15) is 0 Å². The van der Waals surface area contributed by atoms with Gasteiger partial charge in [-0.25, -0.2) is 0 Å². The molecule has 1 aliphatic carbocycles. The van der Waals surface area contributed by atoms with Gasteiger partial charge in [0.15, 0.2) is 0 Å². The summed E-state index contributed by atoms with van der Waals surface area (Å²) in [4.78, 5) is 0. The van der Waals surface area contributed by atoms with Crippen molar-refractivity contribution in [3.8, 4) is 0 Å². The molecule has 1 heterocycles. The first kappa shape index (κ1) is 17.9. The van der Waals surface area contributed by atoms with E-state index < -0.39 is 0 Å². The van der Waals surface area contributed by atoms with Crippen molar-refractivity contribution in [2.75, 3.05) is 6.44 Å². The van der Waals surface area contributed by atoms with Crippen molar-refractivity contribution >= 4 is 7.12 Å². The molecule has 0 radical (unpaired) electrons. The van der Waals surface area contributed by atoms with E-state index in [1.54, 1.807) is 0 Å². The topological polar surface area (TPSA) is 44.5 Å². The summed E-state index contributed by atoms with van der Waals surface area (Å²) in [5, 5.41) is 0. The van der Waals surface area contributed by atoms with Gasteiger partial charge in [0.05, 0.1) is 12.2 Å². The summed E-state index contributed by atoms with van der Waals surface area (Å²) in [6.45, 7) is 10.8. The van der Waals surface area contributed by atoms with Crippen LogP contribution in [0, 0.1) is 5.92 Å². The molecule has 2 unspecified atom stereocenters. The SMILES string of the molecule is CC(C)C.CCC.NCB1OC2CCCCC2O1. The lowest BCUT2D eigenvalue weighted by Crippen LogP contribution is -2.27. The highest BCUT2D eigenvalue weighted by atomic mass is 16.7. The molecule has 0 amide bonds. The number of hydrogen-bond donors (Lipinski definition) is 1. The van der Waals surface area contributed by atoms with Crippen LogP contribution in [-0.4, -0.2) is 25.8 Å². The second kappa shape index (κ2) is 10.8. The van der Waals surface area contributed by atoms with Crippen LogP contribution >= 0.6 is 0 Å². The summed E-state index contributed by atoms with van der Waals surface area (Å²) in [5.41, 5.74) is 5.44. The van der Waals surface area contributed by atoms with Gasteiger partial charge in [0.2, 0.25) is 0 Å². The lowest BCUT2D eigenvalue weighted by atomic mass is 9.92. The van der Waals surface area contributed by atoms with Crippen LogP contribution in [0.1, 0.15) is 66.7 Å². The third-order valence-electron chi connectivity index (χ3n) is 2.49. The normalized spacial score (nSPS) is 25.8. The Morgan fingerprint density at radius 2 is 1.39 bits per heavy atom. The average Bonchev–Trinajstić information content (AvgIpc) is 2.72. The quantitative estimate of drug-likeness (QED) is 0.732. The van der Waals surface area contributed by atoms with E-state index in [0.717, 1.165) is 18.8 Å². The monoisotopic (exact) mass is 257 g/mol. The van der Waals surface area contributed by atoms with Gasteiger partial charge < -0.3 is 15.0 Å². The number of rotatable bonds is 1. The van der Waals surface area contributed by atoms with E-state index in [1.165, 1.54) is 19.3 Å².